The van der Waals surface area contributed by atoms with Crippen molar-refractivity contribution in [3.8, 4) is 5.75 Å². The van der Waals surface area contributed by atoms with Crippen molar-refractivity contribution in [2.24, 2.45) is 0 Å². The Kier molecular flexibility index (Phi) is 13.0. The lowest BCUT2D eigenvalue weighted by Gasteiger charge is -2.32. The first-order chi connectivity index (χ1) is 20.3. The molecule has 0 radical (unpaired) electrons. The Balaban J connectivity index is 1.60. The van der Waals surface area contributed by atoms with Crippen LogP contribution in [0.15, 0.2) is 82.6 Å². The summed E-state index contributed by atoms with van der Waals surface area (Å²) in [4.78, 5) is 14.6. The van der Waals surface area contributed by atoms with Gasteiger partial charge in [-0.2, -0.15) is 0 Å². The van der Waals surface area contributed by atoms with E-state index in [9.17, 15) is 9.36 Å². The fourth-order valence-electron chi connectivity index (χ4n) is 4.09. The molecule has 0 spiro atoms. The van der Waals surface area contributed by atoms with Crippen molar-refractivity contribution >= 4 is 37.3 Å². The zero-order chi connectivity index (χ0) is 31.5. The maximum atomic E-state index is 12.6. The SMILES string of the molecule is COP(=O)(OC)OCC(C)(CCCc1ccc(Sc2cccc(OCc3ccccc3)c2)cc1Cl)NC(=O)OC(C)(C)C. The van der Waals surface area contributed by atoms with Crippen molar-refractivity contribution in [3.05, 3.63) is 88.9 Å². The fourth-order valence-corrected chi connectivity index (χ4v) is 6.14. The van der Waals surface area contributed by atoms with Crippen LogP contribution < -0.4 is 10.1 Å². The summed E-state index contributed by atoms with van der Waals surface area (Å²) in [6.07, 6.45) is 1.21. The highest BCUT2D eigenvalue weighted by Gasteiger charge is 2.34. The number of nitrogens with one attached hydrogen (secondary N) is 1. The Bertz CT molecular complexity index is 1380. The van der Waals surface area contributed by atoms with Crippen LogP contribution in [0.25, 0.3) is 0 Å². The molecule has 234 valence electrons. The zero-order valence-corrected chi connectivity index (χ0v) is 28.0. The number of hydrogen-bond donors (Lipinski definition) is 1. The number of benzene rings is 3. The molecule has 1 atom stereocenters. The van der Waals surface area contributed by atoms with Crippen molar-refractivity contribution in [2.45, 2.75) is 74.5 Å². The van der Waals surface area contributed by atoms with Gasteiger partial charge in [0.25, 0.3) is 0 Å². The number of phosphoric acid groups is 1. The van der Waals surface area contributed by atoms with Gasteiger partial charge in [0.2, 0.25) is 0 Å². The van der Waals surface area contributed by atoms with Gasteiger partial charge in [0.15, 0.2) is 0 Å². The van der Waals surface area contributed by atoms with Crippen molar-refractivity contribution in [1.82, 2.24) is 5.32 Å². The highest BCUT2D eigenvalue weighted by Crippen LogP contribution is 2.48. The molecule has 11 heteroatoms. The lowest BCUT2D eigenvalue weighted by Crippen LogP contribution is -2.51. The molecule has 1 N–H and O–H groups in total. The van der Waals surface area contributed by atoms with Gasteiger partial charge in [0.05, 0.1) is 12.1 Å². The summed E-state index contributed by atoms with van der Waals surface area (Å²) in [6.45, 7) is 7.54. The second kappa shape index (κ2) is 16.0. The molecule has 0 bridgehead atoms. The molecule has 3 aromatic carbocycles. The largest absolute Gasteiger partial charge is 0.489 e. The van der Waals surface area contributed by atoms with Gasteiger partial charge in [0, 0.05) is 29.0 Å². The lowest BCUT2D eigenvalue weighted by molar-refractivity contribution is 0.0386. The van der Waals surface area contributed by atoms with E-state index in [2.05, 4.69) is 5.32 Å². The Hall–Kier alpha value is -2.52. The predicted molar refractivity (Wildman–Crippen MR) is 171 cm³/mol. The maximum Gasteiger partial charge on any atom is 0.474 e. The van der Waals surface area contributed by atoms with Crippen molar-refractivity contribution < 1.29 is 32.4 Å². The fraction of sp³-hybridized carbons (Fsp3) is 0.406. The highest BCUT2D eigenvalue weighted by molar-refractivity contribution is 7.99. The van der Waals surface area contributed by atoms with Crippen LogP contribution in [0.3, 0.4) is 0 Å². The number of ether oxygens (including phenoxy) is 2. The second-order valence-electron chi connectivity index (χ2n) is 11.2. The van der Waals surface area contributed by atoms with Crippen LogP contribution in [-0.4, -0.2) is 38.1 Å². The standard InChI is InChI=1S/C32H41ClNO7PS/c1-31(2,3)41-30(35)34-32(4,23-40-42(36,37-5)38-6)19-11-14-25-17-18-28(21-29(25)33)43-27-16-10-15-26(20-27)39-22-24-12-8-7-9-13-24/h7-10,12-13,15-18,20-21H,11,14,19,22-23H2,1-6H3,(H,34,35). The first-order valence-electron chi connectivity index (χ1n) is 13.9. The quantitative estimate of drug-likeness (QED) is 0.163. The van der Waals surface area contributed by atoms with E-state index in [0.717, 1.165) is 26.7 Å². The molecule has 43 heavy (non-hydrogen) atoms. The molecule has 3 rings (SSSR count). The van der Waals surface area contributed by atoms with Crippen molar-refractivity contribution in [2.75, 3.05) is 20.8 Å². The molecular formula is C32H41ClNO7PS. The van der Waals surface area contributed by atoms with Gasteiger partial charge >= 0.3 is 13.9 Å². The van der Waals surface area contributed by atoms with E-state index in [0.29, 0.717) is 30.9 Å². The van der Waals surface area contributed by atoms with Crippen LogP contribution in [0.1, 0.15) is 51.7 Å². The van der Waals surface area contributed by atoms with Crippen LogP contribution in [0.5, 0.6) is 5.75 Å². The molecule has 0 fully saturated rings. The average molecular weight is 650 g/mol. The van der Waals surface area contributed by atoms with Crippen LogP contribution >= 0.6 is 31.2 Å². The van der Waals surface area contributed by atoms with Gasteiger partial charge in [-0.05, 0) is 88.4 Å². The van der Waals surface area contributed by atoms with Crippen LogP contribution in [0.2, 0.25) is 5.02 Å². The number of halogens is 1. The van der Waals surface area contributed by atoms with E-state index < -0.39 is 25.1 Å². The third kappa shape index (κ3) is 12.2. The Morgan fingerprint density at radius 3 is 2.28 bits per heavy atom. The number of hydrogen-bond acceptors (Lipinski definition) is 8. The highest BCUT2D eigenvalue weighted by atomic mass is 35.5. The third-order valence-corrected chi connectivity index (χ3v) is 8.95. The first kappa shape index (κ1) is 35.0. The van der Waals surface area contributed by atoms with E-state index in [1.807, 2.05) is 72.8 Å². The van der Waals surface area contributed by atoms with Gasteiger partial charge in [-0.25, -0.2) is 9.36 Å². The molecule has 0 aromatic heterocycles. The summed E-state index contributed by atoms with van der Waals surface area (Å²) < 4.78 is 39.1. The number of alkyl carbamates (subject to hydrolysis) is 1. The van der Waals surface area contributed by atoms with Crippen molar-refractivity contribution in [3.63, 3.8) is 0 Å². The van der Waals surface area contributed by atoms with E-state index in [4.69, 9.17) is 34.6 Å². The number of phosphoric ester groups is 1. The third-order valence-electron chi connectivity index (χ3n) is 6.28. The summed E-state index contributed by atoms with van der Waals surface area (Å²) >= 11 is 8.29. The van der Waals surface area contributed by atoms with E-state index in [-0.39, 0.29) is 6.61 Å². The minimum absolute atomic E-state index is 0.108. The second-order valence-corrected chi connectivity index (χ2v) is 14.7. The zero-order valence-electron chi connectivity index (χ0n) is 25.6. The Labute approximate surface area is 264 Å². The van der Waals surface area contributed by atoms with Gasteiger partial charge in [-0.3, -0.25) is 13.6 Å². The minimum Gasteiger partial charge on any atom is -0.489 e. The topological polar surface area (TPSA) is 92.3 Å². The molecule has 0 saturated carbocycles. The molecule has 1 unspecified atom stereocenters. The smallest absolute Gasteiger partial charge is 0.474 e. The molecule has 3 aromatic rings. The summed E-state index contributed by atoms with van der Waals surface area (Å²) in [5, 5.41) is 3.52. The molecule has 1 amide bonds. The normalized spacial score (nSPS) is 13.3. The van der Waals surface area contributed by atoms with E-state index >= 15 is 0 Å². The van der Waals surface area contributed by atoms with Gasteiger partial charge in [0.1, 0.15) is 18.0 Å². The van der Waals surface area contributed by atoms with Gasteiger partial charge < -0.3 is 14.8 Å². The molecular weight excluding hydrogens is 609 g/mol. The van der Waals surface area contributed by atoms with Crippen molar-refractivity contribution in [1.29, 1.82) is 0 Å². The molecule has 8 nitrogen and oxygen atoms in total. The molecule has 0 aliphatic rings. The molecule has 0 aliphatic carbocycles. The van der Waals surface area contributed by atoms with Gasteiger partial charge in [-0.1, -0.05) is 65.8 Å². The summed E-state index contributed by atoms with van der Waals surface area (Å²) in [5.41, 5.74) is 0.502. The molecule has 0 saturated heterocycles. The van der Waals surface area contributed by atoms with Crippen LogP contribution in [0.4, 0.5) is 4.79 Å². The summed E-state index contributed by atoms with van der Waals surface area (Å²) in [7, 11) is -1.26. The maximum absolute atomic E-state index is 12.6. The number of amides is 1. The van der Waals surface area contributed by atoms with Crippen LogP contribution in [-0.2, 0) is 35.9 Å². The Morgan fingerprint density at radius 1 is 0.930 bits per heavy atom. The molecule has 0 heterocycles. The Morgan fingerprint density at radius 2 is 1.63 bits per heavy atom. The monoisotopic (exact) mass is 649 g/mol. The summed E-state index contributed by atoms with van der Waals surface area (Å²) in [5.74, 6) is 0.802. The number of carbonyl (C=O) groups excluding carboxylic acids is 1. The van der Waals surface area contributed by atoms with Gasteiger partial charge in [-0.15, -0.1) is 0 Å². The van der Waals surface area contributed by atoms with Crippen LogP contribution in [0, 0.1) is 0 Å². The average Bonchev–Trinajstić information content (AvgIpc) is 2.96. The predicted octanol–water partition coefficient (Wildman–Crippen LogP) is 9.09. The van der Waals surface area contributed by atoms with E-state index in [1.165, 1.54) is 14.2 Å². The molecule has 0 aliphatic heterocycles. The number of carbonyl (C=O) groups is 1. The summed E-state index contributed by atoms with van der Waals surface area (Å²) in [6, 6.07) is 24.0. The minimum atomic E-state index is -3.74. The first-order valence-corrected chi connectivity index (χ1v) is 16.6. The van der Waals surface area contributed by atoms with E-state index in [1.54, 1.807) is 39.5 Å². The number of rotatable bonds is 15. The lowest BCUT2D eigenvalue weighted by atomic mass is 9.94. The number of aryl methyl sites for hydroxylation is 1.